The average molecular weight is 408 g/mol. The van der Waals surface area contributed by atoms with Gasteiger partial charge in [-0.1, -0.05) is 44.2 Å². The number of carbonyl (C=O) groups excluding carboxylic acids is 2. The van der Waals surface area contributed by atoms with Gasteiger partial charge >= 0.3 is 5.97 Å². The number of benzene rings is 1. The van der Waals surface area contributed by atoms with E-state index in [1.54, 1.807) is 11.3 Å². The molecule has 2 aromatic rings. The van der Waals surface area contributed by atoms with Gasteiger partial charge in [-0.05, 0) is 46.7 Å². The molecule has 4 rings (SSSR count). The zero-order valence-corrected chi connectivity index (χ0v) is 17.8. The molecule has 0 saturated heterocycles. The number of esters is 1. The van der Waals surface area contributed by atoms with Crippen LogP contribution in [0.15, 0.2) is 63.4 Å². The number of aliphatic imine (C=N–C) groups is 1. The third-order valence-corrected chi connectivity index (χ3v) is 6.38. The maximum Gasteiger partial charge on any atom is 0.315 e. The molecule has 2 aliphatic rings. The van der Waals surface area contributed by atoms with E-state index < -0.39 is 5.92 Å². The third kappa shape index (κ3) is 3.97. The van der Waals surface area contributed by atoms with Crippen LogP contribution in [-0.4, -0.2) is 17.5 Å². The lowest BCUT2D eigenvalue weighted by Crippen LogP contribution is -2.39. The zero-order valence-electron chi connectivity index (χ0n) is 17.0. The van der Waals surface area contributed by atoms with Gasteiger partial charge < -0.3 is 4.74 Å². The number of rotatable bonds is 4. The van der Waals surface area contributed by atoms with Crippen molar-refractivity contribution >= 4 is 28.8 Å². The molecule has 2 atom stereocenters. The zero-order chi connectivity index (χ0) is 20.6. The number of ketones is 1. The quantitative estimate of drug-likeness (QED) is 0.646. The van der Waals surface area contributed by atoms with Crippen molar-refractivity contribution in [1.29, 1.82) is 0 Å². The van der Waals surface area contributed by atoms with E-state index in [0.29, 0.717) is 12.0 Å². The van der Waals surface area contributed by atoms with E-state index >= 15 is 0 Å². The molecule has 0 N–H and O–H groups in total. The average Bonchev–Trinajstić information content (AvgIpc) is 3.19. The molecule has 1 unspecified atom stereocenters. The van der Waals surface area contributed by atoms with Gasteiger partial charge in [-0.2, -0.15) is 11.3 Å². The summed E-state index contributed by atoms with van der Waals surface area (Å²) in [5.74, 6) is -1.11. The first-order valence-electron chi connectivity index (χ1n) is 9.90. The number of hydrogen-bond donors (Lipinski definition) is 0. The fraction of sp³-hybridized carbons (Fsp3) is 0.375. The Bertz CT molecular complexity index is 986. The van der Waals surface area contributed by atoms with Crippen LogP contribution in [0, 0.1) is 11.3 Å². The van der Waals surface area contributed by atoms with E-state index in [4.69, 9.17) is 9.73 Å². The van der Waals surface area contributed by atoms with Crippen LogP contribution in [0.4, 0.5) is 0 Å². The smallest absolute Gasteiger partial charge is 0.315 e. The van der Waals surface area contributed by atoms with Gasteiger partial charge in [0.15, 0.2) is 5.78 Å². The first kappa shape index (κ1) is 19.8. The van der Waals surface area contributed by atoms with Gasteiger partial charge in [0.05, 0.1) is 0 Å². The number of carbonyl (C=O) groups is 2. The molecule has 4 nitrogen and oxygen atoms in total. The fourth-order valence-corrected chi connectivity index (χ4v) is 5.08. The van der Waals surface area contributed by atoms with Crippen LogP contribution in [-0.2, 0) is 20.9 Å². The highest BCUT2D eigenvalue weighted by molar-refractivity contribution is 7.08. The predicted molar refractivity (Wildman–Crippen MR) is 115 cm³/mol. The Hall–Kier alpha value is -2.53. The molecule has 5 heteroatoms. The number of Topliss-reactive ketones (excluding diaryl/α,β-unsaturated/α-hetero) is 1. The van der Waals surface area contributed by atoms with Crippen molar-refractivity contribution in [3.8, 4) is 0 Å². The van der Waals surface area contributed by atoms with Crippen molar-refractivity contribution in [2.75, 3.05) is 0 Å². The van der Waals surface area contributed by atoms with Crippen LogP contribution < -0.4 is 0 Å². The topological polar surface area (TPSA) is 55.7 Å². The molecular formula is C24H25NO3S. The molecule has 2 heterocycles. The van der Waals surface area contributed by atoms with E-state index in [-0.39, 0.29) is 29.7 Å². The summed E-state index contributed by atoms with van der Waals surface area (Å²) in [4.78, 5) is 31.0. The Morgan fingerprint density at radius 1 is 1.21 bits per heavy atom. The first-order chi connectivity index (χ1) is 13.9. The minimum Gasteiger partial charge on any atom is -0.460 e. The van der Waals surface area contributed by atoms with Crippen LogP contribution in [0.25, 0.3) is 0 Å². The molecular weight excluding hydrogens is 382 g/mol. The molecule has 0 spiro atoms. The predicted octanol–water partition coefficient (Wildman–Crippen LogP) is 5.31. The Balaban J connectivity index is 1.68. The number of ether oxygens (including phenoxy) is 1. The van der Waals surface area contributed by atoms with E-state index in [9.17, 15) is 9.59 Å². The minimum absolute atomic E-state index is 0.101. The summed E-state index contributed by atoms with van der Waals surface area (Å²) in [7, 11) is 0. The van der Waals surface area contributed by atoms with Gasteiger partial charge in [0.25, 0.3) is 0 Å². The van der Waals surface area contributed by atoms with Crippen molar-refractivity contribution in [3.05, 3.63) is 69.6 Å². The fourth-order valence-electron chi connectivity index (χ4n) is 4.38. The second-order valence-corrected chi connectivity index (χ2v) is 9.44. The minimum atomic E-state index is -0.572. The summed E-state index contributed by atoms with van der Waals surface area (Å²) in [6.07, 6.45) is 1.23. The van der Waals surface area contributed by atoms with E-state index in [1.807, 2.05) is 54.1 Å². The highest BCUT2D eigenvalue weighted by atomic mass is 32.1. The molecule has 29 heavy (non-hydrogen) atoms. The molecule has 0 bridgehead atoms. The summed E-state index contributed by atoms with van der Waals surface area (Å²) in [6.45, 7) is 6.29. The standard InChI is InChI=1S/C24H25NO3S/c1-15-20(23(27)28-13-16-7-5-4-6-8-16)21(17-9-10-29-14-17)22-18(25-15)11-24(2,3)12-19(22)26/h4-10,14,20-21H,11-13H2,1-3H3/t20?,21-/m0/s1. The molecule has 0 fully saturated rings. The second kappa shape index (κ2) is 7.71. The Morgan fingerprint density at radius 2 is 1.97 bits per heavy atom. The highest BCUT2D eigenvalue weighted by Gasteiger charge is 2.46. The van der Waals surface area contributed by atoms with Gasteiger partial charge in [0.1, 0.15) is 12.5 Å². The Labute approximate surface area is 175 Å². The van der Waals surface area contributed by atoms with Gasteiger partial charge in [-0.15, -0.1) is 0 Å². The van der Waals surface area contributed by atoms with Gasteiger partial charge in [-0.3, -0.25) is 14.6 Å². The van der Waals surface area contributed by atoms with Crippen molar-refractivity contribution in [3.63, 3.8) is 0 Å². The van der Waals surface area contributed by atoms with Gasteiger partial charge in [0, 0.05) is 29.3 Å². The lowest BCUT2D eigenvalue weighted by molar-refractivity contribution is -0.148. The summed E-state index contributed by atoms with van der Waals surface area (Å²) >= 11 is 1.57. The van der Waals surface area contributed by atoms with E-state index in [1.165, 1.54) is 0 Å². The SMILES string of the molecule is CC1=NC2=C(C(=O)CC(C)(C)C2)[C@@H](c2ccsc2)C1C(=O)OCc1ccccc1. The van der Waals surface area contributed by atoms with E-state index in [0.717, 1.165) is 29.0 Å². The monoisotopic (exact) mass is 407 g/mol. The number of allylic oxidation sites excluding steroid dienone is 2. The van der Waals surface area contributed by atoms with Crippen LogP contribution in [0.1, 0.15) is 50.7 Å². The molecule has 1 aliphatic carbocycles. The number of thiophene rings is 1. The summed E-state index contributed by atoms with van der Waals surface area (Å²) < 4.78 is 5.67. The van der Waals surface area contributed by atoms with Crippen LogP contribution in [0.2, 0.25) is 0 Å². The lowest BCUT2D eigenvalue weighted by atomic mass is 9.67. The maximum absolute atomic E-state index is 13.2. The summed E-state index contributed by atoms with van der Waals surface area (Å²) in [5, 5.41) is 4.01. The number of nitrogens with zero attached hydrogens (tertiary/aromatic N) is 1. The Morgan fingerprint density at radius 3 is 2.66 bits per heavy atom. The molecule has 0 radical (unpaired) electrons. The Kier molecular flexibility index (Phi) is 5.26. The van der Waals surface area contributed by atoms with Gasteiger partial charge in [-0.25, -0.2) is 0 Å². The van der Waals surface area contributed by atoms with Crippen LogP contribution in [0.3, 0.4) is 0 Å². The van der Waals surface area contributed by atoms with Crippen LogP contribution >= 0.6 is 11.3 Å². The third-order valence-electron chi connectivity index (χ3n) is 5.68. The molecule has 150 valence electrons. The van der Waals surface area contributed by atoms with Crippen molar-refractivity contribution in [2.45, 2.75) is 46.1 Å². The molecule has 0 saturated carbocycles. The van der Waals surface area contributed by atoms with Gasteiger partial charge in [0.2, 0.25) is 0 Å². The lowest BCUT2D eigenvalue weighted by Gasteiger charge is -2.38. The maximum atomic E-state index is 13.2. The molecule has 1 aliphatic heterocycles. The van der Waals surface area contributed by atoms with Crippen molar-refractivity contribution in [2.24, 2.45) is 16.3 Å². The van der Waals surface area contributed by atoms with E-state index in [2.05, 4.69) is 13.8 Å². The molecule has 1 aromatic heterocycles. The van der Waals surface area contributed by atoms with Crippen molar-refractivity contribution < 1.29 is 14.3 Å². The summed E-state index contributed by atoms with van der Waals surface area (Å²) in [5.41, 5.74) is 4.09. The normalized spacial score (nSPS) is 23.4. The highest BCUT2D eigenvalue weighted by Crippen LogP contribution is 2.48. The van der Waals surface area contributed by atoms with Crippen molar-refractivity contribution in [1.82, 2.24) is 0 Å². The summed E-state index contributed by atoms with van der Waals surface area (Å²) in [6, 6.07) is 11.6. The molecule has 0 amide bonds. The largest absolute Gasteiger partial charge is 0.460 e. The molecule has 1 aromatic carbocycles. The second-order valence-electron chi connectivity index (χ2n) is 8.66. The van der Waals surface area contributed by atoms with Crippen LogP contribution in [0.5, 0.6) is 0 Å². The first-order valence-corrected chi connectivity index (χ1v) is 10.8. The number of hydrogen-bond acceptors (Lipinski definition) is 5.